The van der Waals surface area contributed by atoms with Crippen molar-refractivity contribution in [2.75, 3.05) is 6.54 Å². The van der Waals surface area contributed by atoms with Crippen LogP contribution in [0.5, 0.6) is 0 Å². The molecule has 2 heterocycles. The van der Waals surface area contributed by atoms with E-state index in [1.165, 1.54) is 0 Å². The molecule has 0 aromatic carbocycles. The molecule has 6 nitrogen and oxygen atoms in total. The third-order valence-corrected chi connectivity index (χ3v) is 3.48. The number of nitrogens with one attached hydrogen (secondary N) is 1. The van der Waals surface area contributed by atoms with Gasteiger partial charge in [-0.1, -0.05) is 26.7 Å². The highest BCUT2D eigenvalue weighted by Crippen LogP contribution is 2.18. The Morgan fingerprint density at radius 3 is 2.71 bits per heavy atom. The smallest absolute Gasteiger partial charge is 0.271 e. The van der Waals surface area contributed by atoms with Gasteiger partial charge < -0.3 is 10.4 Å². The Labute approximate surface area is 124 Å². The summed E-state index contributed by atoms with van der Waals surface area (Å²) in [4.78, 5) is 20.4. The molecule has 6 heteroatoms. The molecule has 114 valence electrons. The monoisotopic (exact) mass is 290 g/mol. The maximum atomic E-state index is 12.1. The zero-order valence-electron chi connectivity index (χ0n) is 12.5. The lowest BCUT2D eigenvalue weighted by atomic mass is 9.92. The number of hydrogen-bond acceptors (Lipinski definition) is 4. The molecule has 0 aliphatic carbocycles. The highest BCUT2D eigenvalue weighted by Gasteiger charge is 2.26. The van der Waals surface area contributed by atoms with E-state index in [-0.39, 0.29) is 12.5 Å². The Kier molecular flexibility index (Phi) is 4.90. The number of nitrogens with zero attached hydrogens (tertiary/aromatic N) is 3. The van der Waals surface area contributed by atoms with E-state index >= 15 is 0 Å². The molecule has 0 unspecified atom stereocenters. The number of amides is 1. The predicted molar refractivity (Wildman–Crippen MR) is 80.1 cm³/mol. The van der Waals surface area contributed by atoms with Crippen LogP contribution in [0.25, 0.3) is 5.78 Å². The summed E-state index contributed by atoms with van der Waals surface area (Å²) in [6.45, 7) is 4.29. The normalized spacial score (nSPS) is 11.8. The molecule has 0 saturated heterocycles. The Morgan fingerprint density at radius 1 is 1.38 bits per heavy atom. The molecule has 0 spiro atoms. The SMILES string of the molecule is CCCC(O)(CCC)CNC(=O)c1cn2cccnc2n1. The molecule has 0 radical (unpaired) electrons. The molecule has 0 bridgehead atoms. The molecule has 21 heavy (non-hydrogen) atoms. The van der Waals surface area contributed by atoms with Crippen LogP contribution in [0.2, 0.25) is 0 Å². The number of aliphatic hydroxyl groups is 1. The van der Waals surface area contributed by atoms with E-state index in [1.807, 2.05) is 13.8 Å². The van der Waals surface area contributed by atoms with Crippen LogP contribution in [0.15, 0.2) is 24.7 Å². The van der Waals surface area contributed by atoms with Gasteiger partial charge in [-0.3, -0.25) is 9.20 Å². The second kappa shape index (κ2) is 6.67. The topological polar surface area (TPSA) is 79.5 Å². The number of aromatic nitrogens is 3. The van der Waals surface area contributed by atoms with Crippen LogP contribution in [-0.4, -0.2) is 37.5 Å². The number of rotatable bonds is 7. The first-order chi connectivity index (χ1) is 10.1. The minimum atomic E-state index is -0.837. The number of carbonyl (C=O) groups excluding carboxylic acids is 1. The van der Waals surface area contributed by atoms with Gasteiger partial charge in [-0.2, -0.15) is 0 Å². The average Bonchev–Trinajstić information content (AvgIpc) is 2.89. The lowest BCUT2D eigenvalue weighted by Crippen LogP contribution is -2.42. The van der Waals surface area contributed by atoms with Gasteiger partial charge in [-0.25, -0.2) is 9.97 Å². The van der Waals surface area contributed by atoms with Gasteiger partial charge in [0.05, 0.1) is 5.60 Å². The van der Waals surface area contributed by atoms with Crippen molar-refractivity contribution in [2.24, 2.45) is 0 Å². The highest BCUT2D eigenvalue weighted by atomic mass is 16.3. The van der Waals surface area contributed by atoms with E-state index in [2.05, 4.69) is 15.3 Å². The quantitative estimate of drug-likeness (QED) is 0.814. The van der Waals surface area contributed by atoms with Gasteiger partial charge >= 0.3 is 0 Å². The lowest BCUT2D eigenvalue weighted by Gasteiger charge is -2.27. The summed E-state index contributed by atoms with van der Waals surface area (Å²) >= 11 is 0. The van der Waals surface area contributed by atoms with Crippen LogP contribution >= 0.6 is 0 Å². The Morgan fingerprint density at radius 2 is 2.10 bits per heavy atom. The minimum absolute atomic E-state index is 0.245. The van der Waals surface area contributed by atoms with E-state index in [1.54, 1.807) is 29.1 Å². The zero-order chi connectivity index (χ0) is 15.3. The Hall–Kier alpha value is -1.95. The minimum Gasteiger partial charge on any atom is -0.388 e. The molecule has 0 saturated carbocycles. The molecular weight excluding hydrogens is 268 g/mol. The van der Waals surface area contributed by atoms with Crippen LogP contribution in [0.3, 0.4) is 0 Å². The van der Waals surface area contributed by atoms with Crippen LogP contribution < -0.4 is 5.32 Å². The summed E-state index contributed by atoms with van der Waals surface area (Å²) in [6.07, 6.45) is 8.16. The summed E-state index contributed by atoms with van der Waals surface area (Å²) < 4.78 is 1.69. The van der Waals surface area contributed by atoms with Gasteiger partial charge in [-0.15, -0.1) is 0 Å². The molecule has 2 N–H and O–H groups in total. The van der Waals surface area contributed by atoms with Gasteiger partial charge in [0.2, 0.25) is 5.78 Å². The predicted octanol–water partition coefficient (Wildman–Crippen LogP) is 1.79. The second-order valence-corrected chi connectivity index (χ2v) is 5.36. The van der Waals surface area contributed by atoms with Crippen LogP contribution in [0.1, 0.15) is 50.0 Å². The highest BCUT2D eigenvalue weighted by molar-refractivity contribution is 5.92. The first-order valence-electron chi connectivity index (χ1n) is 7.38. The summed E-state index contributed by atoms with van der Waals surface area (Å²) in [6, 6.07) is 1.78. The summed E-state index contributed by atoms with van der Waals surface area (Å²) in [5.41, 5.74) is -0.527. The van der Waals surface area contributed by atoms with E-state index in [9.17, 15) is 9.90 Å². The Bertz CT molecular complexity index is 569. The molecule has 0 atom stereocenters. The first kappa shape index (κ1) is 15.4. The van der Waals surface area contributed by atoms with Crippen LogP contribution in [0.4, 0.5) is 0 Å². The molecule has 2 rings (SSSR count). The van der Waals surface area contributed by atoms with Crippen molar-refractivity contribution in [3.63, 3.8) is 0 Å². The molecule has 2 aromatic heterocycles. The fraction of sp³-hybridized carbons (Fsp3) is 0.533. The van der Waals surface area contributed by atoms with Crippen molar-refractivity contribution in [1.29, 1.82) is 0 Å². The van der Waals surface area contributed by atoms with Crippen molar-refractivity contribution in [3.8, 4) is 0 Å². The van der Waals surface area contributed by atoms with Crippen molar-refractivity contribution < 1.29 is 9.90 Å². The van der Waals surface area contributed by atoms with E-state index in [4.69, 9.17) is 0 Å². The standard InChI is InChI=1S/C15H22N4O2/c1-3-6-15(21,7-4-2)11-17-13(20)12-10-19-9-5-8-16-14(19)18-12/h5,8-10,21H,3-4,6-7,11H2,1-2H3,(H,17,20). The van der Waals surface area contributed by atoms with Crippen molar-refractivity contribution >= 4 is 11.7 Å². The second-order valence-electron chi connectivity index (χ2n) is 5.36. The summed E-state index contributed by atoms with van der Waals surface area (Å²) in [5, 5.41) is 13.3. The molecule has 0 aliphatic heterocycles. The third-order valence-electron chi connectivity index (χ3n) is 3.48. The van der Waals surface area contributed by atoms with Gasteiger partial charge in [0.15, 0.2) is 0 Å². The molecule has 0 fully saturated rings. The maximum absolute atomic E-state index is 12.1. The van der Waals surface area contributed by atoms with Crippen molar-refractivity contribution in [2.45, 2.75) is 45.1 Å². The van der Waals surface area contributed by atoms with Gasteiger partial charge in [0.25, 0.3) is 5.91 Å². The van der Waals surface area contributed by atoms with E-state index in [0.717, 1.165) is 12.8 Å². The molecule has 0 aliphatic rings. The number of hydrogen-bond donors (Lipinski definition) is 2. The van der Waals surface area contributed by atoms with Gasteiger partial charge in [0, 0.05) is 25.1 Å². The van der Waals surface area contributed by atoms with Crippen LogP contribution in [-0.2, 0) is 0 Å². The van der Waals surface area contributed by atoms with Crippen molar-refractivity contribution in [1.82, 2.24) is 19.7 Å². The number of carbonyl (C=O) groups is 1. The summed E-state index contributed by atoms with van der Waals surface area (Å²) in [5.74, 6) is 0.200. The lowest BCUT2D eigenvalue weighted by molar-refractivity contribution is 0.0212. The first-order valence-corrected chi connectivity index (χ1v) is 7.38. The fourth-order valence-electron chi connectivity index (χ4n) is 2.51. The zero-order valence-corrected chi connectivity index (χ0v) is 12.5. The molecular formula is C15H22N4O2. The van der Waals surface area contributed by atoms with Gasteiger partial charge in [-0.05, 0) is 18.9 Å². The Balaban J connectivity index is 2.03. The van der Waals surface area contributed by atoms with E-state index in [0.29, 0.717) is 24.3 Å². The van der Waals surface area contributed by atoms with Crippen molar-refractivity contribution in [3.05, 3.63) is 30.4 Å². The van der Waals surface area contributed by atoms with E-state index < -0.39 is 5.60 Å². The molecule has 1 amide bonds. The fourth-order valence-corrected chi connectivity index (χ4v) is 2.51. The maximum Gasteiger partial charge on any atom is 0.271 e. The number of fused-ring (bicyclic) bond motifs is 1. The van der Waals surface area contributed by atoms with Gasteiger partial charge in [0.1, 0.15) is 5.69 Å². The third kappa shape index (κ3) is 3.78. The number of imidazole rings is 1. The molecule has 2 aromatic rings. The largest absolute Gasteiger partial charge is 0.388 e. The summed E-state index contributed by atoms with van der Waals surface area (Å²) in [7, 11) is 0. The average molecular weight is 290 g/mol. The van der Waals surface area contributed by atoms with Crippen LogP contribution in [0, 0.1) is 0 Å².